The largest absolute Gasteiger partial charge is 0.460 e. The molecule has 0 aliphatic carbocycles. The van der Waals surface area contributed by atoms with Gasteiger partial charge in [-0.15, -0.1) is 17.9 Å². The third-order valence-corrected chi connectivity index (χ3v) is 4.33. The van der Waals surface area contributed by atoms with Gasteiger partial charge in [0, 0.05) is 23.1 Å². The van der Waals surface area contributed by atoms with E-state index in [1.165, 1.54) is 23.5 Å². The fourth-order valence-electron chi connectivity index (χ4n) is 2.25. The van der Waals surface area contributed by atoms with Crippen molar-refractivity contribution in [3.05, 3.63) is 80.9 Å². The highest BCUT2D eigenvalue weighted by Crippen LogP contribution is 2.23. The van der Waals surface area contributed by atoms with Crippen molar-refractivity contribution >= 4 is 23.2 Å². The molecule has 0 aliphatic rings. The molecule has 0 saturated carbocycles. The molecular weight excluding hydrogens is 352 g/mol. The molecule has 0 unspecified atom stereocenters. The van der Waals surface area contributed by atoms with Crippen molar-refractivity contribution in [3.8, 4) is 11.3 Å². The minimum absolute atomic E-state index is 0.0432. The third kappa shape index (κ3) is 3.86. The van der Waals surface area contributed by atoms with Gasteiger partial charge in [0.05, 0.1) is 23.4 Å². The summed E-state index contributed by atoms with van der Waals surface area (Å²) in [6.07, 6.45) is 3.32. The van der Waals surface area contributed by atoms with Gasteiger partial charge < -0.3 is 4.42 Å². The van der Waals surface area contributed by atoms with E-state index in [0.717, 1.165) is 17.0 Å². The highest BCUT2D eigenvalue weighted by Gasteiger charge is 2.10. The topological polar surface area (TPSA) is 85.9 Å². The first-order valence-electron chi connectivity index (χ1n) is 7.76. The molecule has 26 heavy (non-hydrogen) atoms. The number of hydrogen-bond acceptors (Lipinski definition) is 6. The van der Waals surface area contributed by atoms with Gasteiger partial charge in [0.25, 0.3) is 5.69 Å². The average molecular weight is 368 g/mol. The van der Waals surface area contributed by atoms with Crippen LogP contribution >= 0.6 is 11.3 Å². The zero-order valence-electron chi connectivity index (χ0n) is 14.0. The number of nitro groups is 1. The summed E-state index contributed by atoms with van der Waals surface area (Å²) in [6, 6.07) is 10.0. The van der Waals surface area contributed by atoms with Crippen LogP contribution in [0.5, 0.6) is 0 Å². The molecule has 0 spiro atoms. The van der Waals surface area contributed by atoms with Crippen molar-refractivity contribution in [2.45, 2.75) is 6.92 Å². The van der Waals surface area contributed by atoms with Crippen molar-refractivity contribution in [2.75, 3.05) is 6.54 Å². The summed E-state index contributed by atoms with van der Waals surface area (Å²) in [7, 11) is 0. The predicted molar refractivity (Wildman–Crippen MR) is 101 cm³/mol. The minimum atomic E-state index is -0.423. The fraction of sp³-hybridized carbons (Fsp3) is 0.111. The lowest BCUT2D eigenvalue weighted by Gasteiger charge is -2.03. The lowest BCUT2D eigenvalue weighted by atomic mass is 10.1. The Kier molecular flexibility index (Phi) is 5.23. The number of nitro benzene ring substituents is 1. The van der Waals surface area contributed by atoms with Crippen molar-refractivity contribution in [2.24, 2.45) is 10.1 Å². The van der Waals surface area contributed by atoms with Gasteiger partial charge in [0.2, 0.25) is 4.80 Å². The molecule has 1 aromatic carbocycles. The smallest absolute Gasteiger partial charge is 0.269 e. The van der Waals surface area contributed by atoms with Gasteiger partial charge in [0.15, 0.2) is 0 Å². The summed E-state index contributed by atoms with van der Waals surface area (Å²) >= 11 is 1.43. The van der Waals surface area contributed by atoms with Gasteiger partial charge >= 0.3 is 0 Å². The SMILES string of the molecule is C=CCN=c1scc(-c2ccc([N+](=O)[O-])cc2)n1N=Cc1ccc(C)o1. The Morgan fingerprint density at radius 1 is 1.31 bits per heavy atom. The quantitative estimate of drug-likeness (QED) is 0.285. The molecule has 3 rings (SSSR count). The van der Waals surface area contributed by atoms with E-state index in [1.54, 1.807) is 29.1 Å². The molecule has 3 aromatic rings. The van der Waals surface area contributed by atoms with Gasteiger partial charge in [-0.1, -0.05) is 6.08 Å². The molecule has 132 valence electrons. The van der Waals surface area contributed by atoms with Crippen LogP contribution in [0.4, 0.5) is 5.69 Å². The number of furan rings is 1. The van der Waals surface area contributed by atoms with E-state index in [1.807, 2.05) is 24.4 Å². The van der Waals surface area contributed by atoms with Crippen molar-refractivity contribution in [3.63, 3.8) is 0 Å². The Morgan fingerprint density at radius 2 is 2.08 bits per heavy atom. The maximum atomic E-state index is 10.8. The normalized spacial score (nSPS) is 12.0. The predicted octanol–water partition coefficient (Wildman–Crippen LogP) is 4.00. The number of non-ortho nitro benzene ring substituents is 1. The fourth-order valence-corrected chi connectivity index (χ4v) is 3.10. The maximum absolute atomic E-state index is 10.8. The number of aryl methyl sites for hydroxylation is 1. The summed E-state index contributed by atoms with van der Waals surface area (Å²) in [5, 5.41) is 17.2. The monoisotopic (exact) mass is 368 g/mol. The molecular formula is C18H16N4O3S. The maximum Gasteiger partial charge on any atom is 0.269 e. The number of rotatable bonds is 6. The van der Waals surface area contributed by atoms with Crippen LogP contribution in [0.3, 0.4) is 0 Å². The van der Waals surface area contributed by atoms with Gasteiger partial charge in [-0.3, -0.25) is 15.1 Å². The summed E-state index contributed by atoms with van der Waals surface area (Å²) in [5.74, 6) is 1.43. The zero-order valence-corrected chi connectivity index (χ0v) is 14.8. The first-order valence-corrected chi connectivity index (χ1v) is 8.64. The summed E-state index contributed by atoms with van der Waals surface area (Å²) in [5.41, 5.74) is 1.63. The van der Waals surface area contributed by atoms with E-state index < -0.39 is 4.92 Å². The first-order chi connectivity index (χ1) is 12.6. The van der Waals surface area contributed by atoms with Crippen molar-refractivity contribution in [1.82, 2.24) is 4.68 Å². The second kappa shape index (κ2) is 7.75. The number of aromatic nitrogens is 1. The van der Waals surface area contributed by atoms with Crippen LogP contribution in [0, 0.1) is 17.0 Å². The third-order valence-electron chi connectivity index (χ3n) is 3.48. The van der Waals surface area contributed by atoms with E-state index in [2.05, 4.69) is 16.7 Å². The summed E-state index contributed by atoms with van der Waals surface area (Å²) in [6.45, 7) is 6.01. The van der Waals surface area contributed by atoms with Crippen LogP contribution in [0.25, 0.3) is 11.3 Å². The molecule has 0 saturated heterocycles. The Bertz CT molecular complexity index is 1030. The second-order valence-electron chi connectivity index (χ2n) is 5.34. The number of nitrogens with zero attached hydrogens (tertiary/aromatic N) is 4. The first kappa shape index (κ1) is 17.6. The van der Waals surface area contributed by atoms with Gasteiger partial charge in [-0.2, -0.15) is 5.10 Å². The van der Waals surface area contributed by atoms with Gasteiger partial charge in [-0.25, -0.2) is 4.68 Å². The standard InChI is InChI=1S/C18H16N4O3S/c1-3-10-19-18-21(20-11-16-9-4-13(2)25-16)17(12-26-18)14-5-7-15(8-6-14)22(23)24/h3-9,11-12H,1,10H2,2H3. The molecule has 0 radical (unpaired) electrons. The van der Waals surface area contributed by atoms with Crippen LogP contribution in [0.2, 0.25) is 0 Å². The number of hydrogen-bond donors (Lipinski definition) is 0. The van der Waals surface area contributed by atoms with E-state index in [0.29, 0.717) is 17.1 Å². The molecule has 0 aliphatic heterocycles. The molecule has 0 fully saturated rings. The average Bonchev–Trinajstić information content (AvgIpc) is 3.24. The molecule has 8 heteroatoms. The zero-order chi connectivity index (χ0) is 18.5. The summed E-state index contributed by atoms with van der Waals surface area (Å²) in [4.78, 5) is 15.6. The lowest BCUT2D eigenvalue weighted by molar-refractivity contribution is -0.384. The van der Waals surface area contributed by atoms with Crippen molar-refractivity contribution in [1.29, 1.82) is 0 Å². The van der Waals surface area contributed by atoms with Crippen LogP contribution in [-0.4, -0.2) is 22.4 Å². The van der Waals surface area contributed by atoms with Crippen LogP contribution in [0.15, 0.2) is 68.9 Å². The Hall–Kier alpha value is -3.26. The lowest BCUT2D eigenvalue weighted by Crippen LogP contribution is -2.12. The van der Waals surface area contributed by atoms with Gasteiger partial charge in [-0.05, 0) is 31.2 Å². The van der Waals surface area contributed by atoms with E-state index >= 15 is 0 Å². The van der Waals surface area contributed by atoms with Crippen LogP contribution in [-0.2, 0) is 0 Å². The number of thiazole rings is 1. The van der Waals surface area contributed by atoms with Crippen LogP contribution in [0.1, 0.15) is 11.5 Å². The van der Waals surface area contributed by atoms with E-state index in [4.69, 9.17) is 4.42 Å². The van der Waals surface area contributed by atoms with Crippen molar-refractivity contribution < 1.29 is 9.34 Å². The molecule has 2 aromatic heterocycles. The molecule has 0 amide bonds. The molecule has 0 bridgehead atoms. The number of benzene rings is 1. The Labute approximate surface area is 153 Å². The molecule has 2 heterocycles. The Morgan fingerprint density at radius 3 is 2.69 bits per heavy atom. The minimum Gasteiger partial charge on any atom is -0.460 e. The highest BCUT2D eigenvalue weighted by atomic mass is 32.1. The Balaban J connectivity index is 2.04. The highest BCUT2D eigenvalue weighted by molar-refractivity contribution is 7.07. The van der Waals surface area contributed by atoms with Gasteiger partial charge in [0.1, 0.15) is 11.5 Å². The van der Waals surface area contributed by atoms with Crippen LogP contribution < -0.4 is 4.80 Å². The summed E-state index contributed by atoms with van der Waals surface area (Å²) < 4.78 is 7.20. The van der Waals surface area contributed by atoms with E-state index in [-0.39, 0.29) is 5.69 Å². The molecule has 0 atom stereocenters. The molecule has 0 N–H and O–H groups in total. The molecule has 7 nitrogen and oxygen atoms in total. The van der Waals surface area contributed by atoms with E-state index in [9.17, 15) is 10.1 Å². The second-order valence-corrected chi connectivity index (χ2v) is 6.18.